The number of amides is 1. The average molecular weight is 350 g/mol. The van der Waals surface area contributed by atoms with Gasteiger partial charge in [-0.1, -0.05) is 12.1 Å². The number of rotatable bonds is 8. The van der Waals surface area contributed by atoms with Crippen molar-refractivity contribution in [1.82, 2.24) is 0 Å². The Hall–Kier alpha value is -2.84. The maximum atomic E-state index is 12.5. The average Bonchev–Trinajstić information content (AvgIpc) is 3.49. The number of hydrogen-bond acceptors (Lipinski definition) is 3. The first-order valence-corrected chi connectivity index (χ1v) is 8.91. The lowest BCUT2D eigenvalue weighted by Gasteiger charge is -2.19. The van der Waals surface area contributed by atoms with Crippen LogP contribution in [0, 0.1) is 11.3 Å². The van der Waals surface area contributed by atoms with Crippen molar-refractivity contribution >= 4 is 11.6 Å². The van der Waals surface area contributed by atoms with Gasteiger partial charge in [0.25, 0.3) is 5.91 Å². The van der Waals surface area contributed by atoms with E-state index in [1.165, 1.54) is 23.3 Å². The minimum Gasteiger partial charge on any atom is -0.497 e. The van der Waals surface area contributed by atoms with Crippen molar-refractivity contribution in [2.24, 2.45) is 0 Å². The molecule has 0 saturated heterocycles. The Kier molecular flexibility index (Phi) is 5.88. The summed E-state index contributed by atoms with van der Waals surface area (Å²) in [6.07, 6.45) is 2.75. The molecule has 134 valence electrons. The van der Waals surface area contributed by atoms with E-state index in [0.29, 0.717) is 19.0 Å². The molecule has 3 rings (SSSR count). The van der Waals surface area contributed by atoms with Crippen LogP contribution in [0.15, 0.2) is 48.5 Å². The van der Waals surface area contributed by atoms with Gasteiger partial charge in [0.2, 0.25) is 0 Å². The Morgan fingerprint density at radius 1 is 1.15 bits per heavy atom. The molecule has 1 amide bonds. The van der Waals surface area contributed by atoms with Crippen LogP contribution in [0.2, 0.25) is 0 Å². The monoisotopic (exact) mass is 350 g/mol. The molecule has 0 radical (unpaired) electrons. The highest BCUT2D eigenvalue weighted by Crippen LogP contribution is 2.17. The van der Waals surface area contributed by atoms with Gasteiger partial charge in [-0.3, -0.25) is 4.79 Å². The quantitative estimate of drug-likeness (QED) is 0.765. The summed E-state index contributed by atoms with van der Waals surface area (Å²) in [5.74, 6) is 0.868. The van der Waals surface area contributed by atoms with Crippen LogP contribution in [-0.4, -0.2) is 25.6 Å². The lowest BCUT2D eigenvalue weighted by molar-refractivity contribution is -0.916. The van der Waals surface area contributed by atoms with Gasteiger partial charge in [0.1, 0.15) is 12.3 Å². The summed E-state index contributed by atoms with van der Waals surface area (Å²) in [6.45, 7) is 1.29. The third-order valence-corrected chi connectivity index (χ3v) is 4.65. The Bertz CT molecular complexity index is 774. The number of quaternary nitrogens is 1. The number of hydrogen-bond donors (Lipinski definition) is 2. The summed E-state index contributed by atoms with van der Waals surface area (Å²) in [6, 6.07) is 18.2. The van der Waals surface area contributed by atoms with Gasteiger partial charge >= 0.3 is 0 Å². The van der Waals surface area contributed by atoms with Crippen LogP contribution in [0.1, 0.15) is 24.0 Å². The van der Waals surface area contributed by atoms with E-state index in [1.807, 2.05) is 36.4 Å². The number of nitrogens with one attached hydrogen (secondary N) is 2. The van der Waals surface area contributed by atoms with Crippen LogP contribution in [0.5, 0.6) is 5.75 Å². The van der Waals surface area contributed by atoms with Crippen LogP contribution in [0.4, 0.5) is 5.69 Å². The third kappa shape index (κ3) is 5.08. The Labute approximate surface area is 154 Å². The molecule has 1 aliphatic rings. The fraction of sp³-hybridized carbons (Fsp3) is 0.333. The summed E-state index contributed by atoms with van der Waals surface area (Å²) in [7, 11) is 1.66. The first-order chi connectivity index (χ1) is 12.7. The fourth-order valence-corrected chi connectivity index (χ4v) is 3.06. The smallest absolute Gasteiger partial charge is 0.279 e. The maximum absolute atomic E-state index is 12.5. The van der Waals surface area contributed by atoms with Gasteiger partial charge in [0.05, 0.1) is 25.6 Å². The number of methoxy groups -OCH3 is 1. The van der Waals surface area contributed by atoms with E-state index in [-0.39, 0.29) is 5.91 Å². The maximum Gasteiger partial charge on any atom is 0.279 e. The molecule has 1 aliphatic carbocycles. The standard InChI is InChI=1S/C21H23N3O2/c1-26-20-10-4-17(5-11-20)14-24(19-8-9-19)15-21(25)23-18-6-2-16(3-7-18)12-13-22/h2-7,10-11,19H,8-9,12,14-15H2,1H3,(H,23,25)/p+1. The highest BCUT2D eigenvalue weighted by Gasteiger charge is 2.34. The molecule has 1 unspecified atom stereocenters. The van der Waals surface area contributed by atoms with Gasteiger partial charge in [0.15, 0.2) is 6.54 Å². The molecule has 1 fully saturated rings. The van der Waals surface area contributed by atoms with Crippen LogP contribution in [0.25, 0.3) is 0 Å². The van der Waals surface area contributed by atoms with E-state index >= 15 is 0 Å². The van der Waals surface area contributed by atoms with Gasteiger partial charge in [-0.05, 0) is 42.0 Å². The fourth-order valence-electron chi connectivity index (χ4n) is 3.06. The zero-order chi connectivity index (χ0) is 18.4. The molecule has 0 spiro atoms. The van der Waals surface area contributed by atoms with Crippen molar-refractivity contribution < 1.29 is 14.4 Å². The number of ether oxygens (including phenoxy) is 1. The molecule has 0 aliphatic heterocycles. The SMILES string of the molecule is COc1ccc(C[NH+](CC(=O)Nc2ccc(CC#N)cc2)C2CC2)cc1. The Morgan fingerprint density at radius 3 is 2.38 bits per heavy atom. The van der Waals surface area contributed by atoms with E-state index < -0.39 is 0 Å². The van der Waals surface area contributed by atoms with E-state index in [2.05, 4.69) is 23.5 Å². The van der Waals surface area contributed by atoms with Gasteiger partial charge < -0.3 is 15.0 Å². The largest absolute Gasteiger partial charge is 0.497 e. The van der Waals surface area contributed by atoms with Crippen molar-refractivity contribution in [2.75, 3.05) is 19.0 Å². The van der Waals surface area contributed by atoms with E-state index in [0.717, 1.165) is 23.5 Å². The van der Waals surface area contributed by atoms with Crippen molar-refractivity contribution in [1.29, 1.82) is 5.26 Å². The lowest BCUT2D eigenvalue weighted by Crippen LogP contribution is -3.13. The number of carbonyl (C=O) groups is 1. The topological polar surface area (TPSA) is 66.6 Å². The molecule has 0 aromatic heterocycles. The van der Waals surface area contributed by atoms with Gasteiger partial charge in [-0.2, -0.15) is 5.26 Å². The predicted molar refractivity (Wildman–Crippen MR) is 99.9 cm³/mol. The zero-order valence-corrected chi connectivity index (χ0v) is 15.0. The van der Waals surface area contributed by atoms with Crippen molar-refractivity contribution in [3.63, 3.8) is 0 Å². The lowest BCUT2D eigenvalue weighted by atomic mass is 10.1. The van der Waals surface area contributed by atoms with Crippen LogP contribution >= 0.6 is 0 Å². The first-order valence-electron chi connectivity index (χ1n) is 8.91. The normalized spacial score (nSPS) is 14.3. The molecule has 0 bridgehead atoms. The second-order valence-corrected chi connectivity index (χ2v) is 6.71. The molecule has 26 heavy (non-hydrogen) atoms. The summed E-state index contributed by atoms with van der Waals surface area (Å²) in [5, 5.41) is 11.7. The van der Waals surface area contributed by atoms with Crippen molar-refractivity contribution in [3.05, 3.63) is 59.7 Å². The number of nitrogens with zero attached hydrogens (tertiary/aromatic N) is 1. The number of benzene rings is 2. The molecule has 5 heteroatoms. The Morgan fingerprint density at radius 2 is 1.81 bits per heavy atom. The third-order valence-electron chi connectivity index (χ3n) is 4.65. The second-order valence-electron chi connectivity index (χ2n) is 6.71. The minimum absolute atomic E-state index is 0.0217. The summed E-state index contributed by atoms with van der Waals surface area (Å²) >= 11 is 0. The molecule has 2 aromatic carbocycles. The van der Waals surface area contributed by atoms with Crippen LogP contribution in [-0.2, 0) is 17.8 Å². The summed E-state index contributed by atoms with van der Waals surface area (Å²) in [4.78, 5) is 13.8. The number of nitriles is 1. The van der Waals surface area contributed by atoms with Crippen molar-refractivity contribution in [2.45, 2.75) is 31.8 Å². The molecule has 5 nitrogen and oxygen atoms in total. The highest BCUT2D eigenvalue weighted by atomic mass is 16.5. The molecule has 1 saturated carbocycles. The minimum atomic E-state index is 0.0217. The summed E-state index contributed by atoms with van der Waals surface area (Å²) in [5.41, 5.74) is 2.94. The molecule has 2 N–H and O–H groups in total. The van der Waals surface area contributed by atoms with E-state index in [1.54, 1.807) is 7.11 Å². The second kappa shape index (κ2) is 8.50. The highest BCUT2D eigenvalue weighted by molar-refractivity contribution is 5.91. The van der Waals surface area contributed by atoms with E-state index in [9.17, 15) is 4.79 Å². The molecular weight excluding hydrogens is 326 g/mol. The predicted octanol–water partition coefficient (Wildman–Crippen LogP) is 1.95. The van der Waals surface area contributed by atoms with Crippen molar-refractivity contribution in [3.8, 4) is 11.8 Å². The van der Waals surface area contributed by atoms with Gasteiger partial charge in [-0.15, -0.1) is 0 Å². The van der Waals surface area contributed by atoms with Crippen LogP contribution in [0.3, 0.4) is 0 Å². The number of anilines is 1. The van der Waals surface area contributed by atoms with Gasteiger partial charge in [-0.25, -0.2) is 0 Å². The molecule has 0 heterocycles. The molecule has 2 aromatic rings. The first kappa shape index (κ1) is 18.0. The molecule has 1 atom stereocenters. The summed E-state index contributed by atoms with van der Waals surface area (Å²) < 4.78 is 5.20. The van der Waals surface area contributed by atoms with E-state index in [4.69, 9.17) is 10.00 Å². The molecular formula is C21H24N3O2+. The van der Waals surface area contributed by atoms with Crippen LogP contribution < -0.4 is 15.0 Å². The zero-order valence-electron chi connectivity index (χ0n) is 15.0. The van der Waals surface area contributed by atoms with Gasteiger partial charge in [0, 0.05) is 24.1 Å². The number of carbonyl (C=O) groups excluding carboxylic acids is 1. The Balaban J connectivity index is 1.57.